The lowest BCUT2D eigenvalue weighted by atomic mass is 9.86. The molecule has 2 heterocycles. The topological polar surface area (TPSA) is 87.9 Å². The quantitative estimate of drug-likeness (QED) is 0.524. The number of aliphatic hydroxyl groups excluding tert-OH is 1. The summed E-state index contributed by atoms with van der Waals surface area (Å²) in [4.78, 5) is 13.9. The van der Waals surface area contributed by atoms with Crippen LogP contribution in [0.25, 0.3) is 11.2 Å². The van der Waals surface area contributed by atoms with Gasteiger partial charge in [-0.25, -0.2) is 4.98 Å². The molecule has 0 aliphatic heterocycles. The molecule has 7 heteroatoms. The van der Waals surface area contributed by atoms with Gasteiger partial charge in [0.15, 0.2) is 17.0 Å². The Kier molecular flexibility index (Phi) is 7.48. The molecule has 2 aromatic rings. The van der Waals surface area contributed by atoms with Gasteiger partial charge in [-0.1, -0.05) is 39.0 Å². The Bertz CT molecular complexity index is 734. The van der Waals surface area contributed by atoms with Crippen molar-refractivity contribution in [1.82, 2.24) is 19.5 Å². The lowest BCUT2D eigenvalue weighted by molar-refractivity contribution is 0.271. The Labute approximate surface area is 168 Å². The molecule has 2 aromatic heterocycles. The molecular formula is C21H36N6O. The van der Waals surface area contributed by atoms with Gasteiger partial charge in [0.1, 0.15) is 0 Å². The van der Waals surface area contributed by atoms with Crippen LogP contribution in [0.3, 0.4) is 0 Å². The van der Waals surface area contributed by atoms with Crippen LogP contribution in [0.2, 0.25) is 0 Å². The molecule has 0 saturated heterocycles. The number of hydrogen-bond acceptors (Lipinski definition) is 6. The van der Waals surface area contributed by atoms with Crippen molar-refractivity contribution in [3.8, 4) is 0 Å². The van der Waals surface area contributed by atoms with E-state index in [-0.39, 0.29) is 18.7 Å². The fourth-order valence-corrected chi connectivity index (χ4v) is 4.01. The highest BCUT2D eigenvalue weighted by atomic mass is 16.3. The van der Waals surface area contributed by atoms with Gasteiger partial charge >= 0.3 is 0 Å². The number of nitrogens with zero attached hydrogens (tertiary/aromatic N) is 4. The summed E-state index contributed by atoms with van der Waals surface area (Å²) in [7, 11) is 0. The number of hydrogen-bond donors (Lipinski definition) is 3. The molecule has 0 unspecified atom stereocenters. The largest absolute Gasteiger partial charge is 0.394 e. The van der Waals surface area contributed by atoms with E-state index in [9.17, 15) is 5.11 Å². The van der Waals surface area contributed by atoms with Crippen LogP contribution in [-0.2, 0) is 0 Å². The molecule has 0 radical (unpaired) electrons. The molecule has 1 fully saturated rings. The fourth-order valence-electron chi connectivity index (χ4n) is 4.01. The van der Waals surface area contributed by atoms with Gasteiger partial charge in [0, 0.05) is 12.6 Å². The molecule has 1 atom stereocenters. The molecule has 1 aliphatic carbocycles. The summed E-state index contributed by atoms with van der Waals surface area (Å²) in [6.07, 6.45) is 12.1. The third kappa shape index (κ3) is 5.13. The maximum absolute atomic E-state index is 9.52. The maximum Gasteiger partial charge on any atom is 0.227 e. The molecule has 3 N–H and O–H groups in total. The first-order valence-corrected chi connectivity index (χ1v) is 11.0. The summed E-state index contributed by atoms with van der Waals surface area (Å²) in [5.74, 6) is 2.22. The predicted molar refractivity (Wildman–Crippen MR) is 115 cm³/mol. The molecule has 0 amide bonds. The maximum atomic E-state index is 9.52. The Morgan fingerprint density at radius 3 is 2.68 bits per heavy atom. The highest BCUT2D eigenvalue weighted by Crippen LogP contribution is 2.28. The smallest absolute Gasteiger partial charge is 0.227 e. The Morgan fingerprint density at radius 2 is 2.00 bits per heavy atom. The number of fused-ring (bicyclic) bond motifs is 1. The molecule has 1 aliphatic rings. The van der Waals surface area contributed by atoms with Gasteiger partial charge in [-0.05, 0) is 39.0 Å². The number of aromatic nitrogens is 4. The van der Waals surface area contributed by atoms with Crippen molar-refractivity contribution in [2.45, 2.75) is 84.2 Å². The highest BCUT2D eigenvalue weighted by Gasteiger charge is 2.17. The van der Waals surface area contributed by atoms with Crippen molar-refractivity contribution in [3.05, 3.63) is 6.33 Å². The zero-order valence-electron chi connectivity index (χ0n) is 17.6. The SMILES string of the molecule is CC[C@H](CO)Nc1nc(NCCCC2CCCCC2)c2ncn(C(C)C)c2n1. The summed E-state index contributed by atoms with van der Waals surface area (Å²) >= 11 is 0. The van der Waals surface area contributed by atoms with E-state index in [1.54, 1.807) is 0 Å². The van der Waals surface area contributed by atoms with Crippen LogP contribution in [0.4, 0.5) is 11.8 Å². The minimum absolute atomic E-state index is 0.0491. The predicted octanol–water partition coefficient (Wildman–Crippen LogP) is 4.36. The van der Waals surface area contributed by atoms with Gasteiger partial charge in [-0.15, -0.1) is 0 Å². The van der Waals surface area contributed by atoms with Crippen LogP contribution < -0.4 is 10.6 Å². The molecule has 3 rings (SSSR count). The van der Waals surface area contributed by atoms with Gasteiger partial charge in [0.2, 0.25) is 5.95 Å². The lowest BCUT2D eigenvalue weighted by Crippen LogP contribution is -2.24. The highest BCUT2D eigenvalue weighted by molar-refractivity contribution is 5.84. The Morgan fingerprint density at radius 1 is 1.21 bits per heavy atom. The molecule has 0 bridgehead atoms. The second-order valence-corrected chi connectivity index (χ2v) is 8.32. The normalized spacial score (nSPS) is 16.6. The second kappa shape index (κ2) is 10.0. The van der Waals surface area contributed by atoms with Crippen molar-refractivity contribution in [3.63, 3.8) is 0 Å². The molecule has 1 saturated carbocycles. The zero-order valence-corrected chi connectivity index (χ0v) is 17.6. The first-order valence-electron chi connectivity index (χ1n) is 11.0. The summed E-state index contributed by atoms with van der Waals surface area (Å²) < 4.78 is 2.06. The zero-order chi connectivity index (χ0) is 19.9. The standard InChI is InChI=1S/C21H36N6O/c1-4-17(13-28)24-21-25-19(18-20(26-21)27(14-23-18)15(2)3)22-12-8-11-16-9-6-5-7-10-16/h14-17,28H,4-13H2,1-3H3,(H2,22,24,25,26)/t17-/m1/s1. The van der Waals surface area contributed by atoms with E-state index in [1.807, 2.05) is 13.3 Å². The molecule has 7 nitrogen and oxygen atoms in total. The molecular weight excluding hydrogens is 352 g/mol. The van der Waals surface area contributed by atoms with Gasteiger partial charge in [-0.2, -0.15) is 9.97 Å². The third-order valence-corrected chi connectivity index (χ3v) is 5.83. The summed E-state index contributed by atoms with van der Waals surface area (Å²) in [6, 6.07) is 0.221. The first-order chi connectivity index (χ1) is 13.6. The second-order valence-electron chi connectivity index (χ2n) is 8.32. The van der Waals surface area contributed by atoms with Gasteiger partial charge in [-0.3, -0.25) is 0 Å². The average molecular weight is 389 g/mol. The minimum Gasteiger partial charge on any atom is -0.394 e. The van der Waals surface area contributed by atoms with E-state index in [2.05, 4.69) is 44.0 Å². The third-order valence-electron chi connectivity index (χ3n) is 5.83. The Hall–Kier alpha value is -1.89. The number of rotatable bonds is 10. The number of anilines is 2. The van der Waals surface area contributed by atoms with Crippen molar-refractivity contribution in [2.75, 3.05) is 23.8 Å². The molecule has 156 valence electrons. The molecule has 28 heavy (non-hydrogen) atoms. The van der Waals surface area contributed by atoms with E-state index in [0.29, 0.717) is 5.95 Å². The van der Waals surface area contributed by atoms with Gasteiger partial charge in [0.05, 0.1) is 19.0 Å². The first kappa shape index (κ1) is 20.8. The van der Waals surface area contributed by atoms with Crippen molar-refractivity contribution in [2.24, 2.45) is 5.92 Å². The lowest BCUT2D eigenvalue weighted by Gasteiger charge is -2.21. The number of imidazole rings is 1. The van der Waals surface area contributed by atoms with E-state index >= 15 is 0 Å². The van der Waals surface area contributed by atoms with Gasteiger partial charge in [0.25, 0.3) is 0 Å². The van der Waals surface area contributed by atoms with Crippen LogP contribution in [0.5, 0.6) is 0 Å². The minimum atomic E-state index is -0.0491. The Balaban J connectivity index is 1.72. The van der Waals surface area contributed by atoms with E-state index < -0.39 is 0 Å². The van der Waals surface area contributed by atoms with Crippen molar-refractivity contribution in [1.29, 1.82) is 0 Å². The number of aliphatic hydroxyl groups is 1. The van der Waals surface area contributed by atoms with Gasteiger partial charge < -0.3 is 20.3 Å². The average Bonchev–Trinajstić information content (AvgIpc) is 3.14. The van der Waals surface area contributed by atoms with E-state index in [4.69, 9.17) is 0 Å². The van der Waals surface area contributed by atoms with Crippen LogP contribution in [-0.4, -0.2) is 43.8 Å². The molecule has 0 spiro atoms. The van der Waals surface area contributed by atoms with E-state index in [1.165, 1.54) is 38.5 Å². The summed E-state index contributed by atoms with van der Waals surface area (Å²) in [6.45, 7) is 7.24. The van der Waals surface area contributed by atoms with Crippen LogP contribution in [0.1, 0.15) is 78.2 Å². The van der Waals surface area contributed by atoms with Crippen molar-refractivity contribution < 1.29 is 5.11 Å². The van der Waals surface area contributed by atoms with Crippen molar-refractivity contribution >= 4 is 22.9 Å². The van der Waals surface area contributed by atoms with Crippen LogP contribution >= 0.6 is 0 Å². The monoisotopic (exact) mass is 388 g/mol. The molecule has 0 aromatic carbocycles. The van der Waals surface area contributed by atoms with E-state index in [0.717, 1.165) is 42.3 Å². The van der Waals surface area contributed by atoms with Crippen LogP contribution in [0.15, 0.2) is 6.33 Å². The summed E-state index contributed by atoms with van der Waals surface area (Å²) in [5, 5.41) is 16.3. The van der Waals surface area contributed by atoms with Crippen LogP contribution in [0, 0.1) is 5.92 Å². The fraction of sp³-hybridized carbons (Fsp3) is 0.762. The summed E-state index contributed by atoms with van der Waals surface area (Å²) in [5.41, 5.74) is 1.64. The number of nitrogens with one attached hydrogen (secondary N) is 2.